The monoisotopic (exact) mass is 356 g/mol. The van der Waals surface area contributed by atoms with Crippen LogP contribution in [0.4, 0.5) is 0 Å². The van der Waals surface area contributed by atoms with E-state index in [1.165, 1.54) is 10.9 Å². The number of fused-ring (bicyclic) bond motifs is 1. The second-order valence-corrected chi connectivity index (χ2v) is 7.45. The number of carbonyl (C=O) groups excluding carboxylic acids is 1. The number of hydrogen-bond donors (Lipinski definition) is 1. The van der Waals surface area contributed by atoms with Crippen LogP contribution < -0.4 is 5.32 Å². The summed E-state index contributed by atoms with van der Waals surface area (Å²) >= 11 is 1.58. The summed E-state index contributed by atoms with van der Waals surface area (Å²) in [6, 6.07) is 10.4. The Balaban J connectivity index is 1.55. The SMILES string of the molecule is Cc1cc(C)n(C(C)CNC(=O)CSc2cn(C)c3ccccc23)n1. The molecule has 0 bridgehead atoms. The fraction of sp³-hybridized carbons (Fsp3) is 0.368. The van der Waals surface area contributed by atoms with E-state index in [0.717, 1.165) is 16.3 Å². The van der Waals surface area contributed by atoms with Gasteiger partial charge in [0.15, 0.2) is 0 Å². The molecule has 6 heteroatoms. The van der Waals surface area contributed by atoms with Gasteiger partial charge in [0.2, 0.25) is 5.91 Å². The third-order valence-electron chi connectivity index (χ3n) is 4.28. The number of nitrogens with one attached hydrogen (secondary N) is 1. The number of aryl methyl sites for hydroxylation is 3. The molecule has 1 atom stereocenters. The van der Waals surface area contributed by atoms with Gasteiger partial charge in [-0.2, -0.15) is 5.10 Å². The van der Waals surface area contributed by atoms with Gasteiger partial charge in [-0.05, 0) is 32.9 Å². The number of thioether (sulfide) groups is 1. The minimum Gasteiger partial charge on any atom is -0.353 e. The van der Waals surface area contributed by atoms with Gasteiger partial charge in [0, 0.05) is 41.3 Å². The van der Waals surface area contributed by atoms with Crippen LogP contribution in [-0.4, -0.2) is 32.6 Å². The van der Waals surface area contributed by atoms with Gasteiger partial charge in [-0.25, -0.2) is 0 Å². The normalized spacial score (nSPS) is 12.5. The minimum atomic E-state index is 0.0475. The lowest BCUT2D eigenvalue weighted by Gasteiger charge is -2.15. The summed E-state index contributed by atoms with van der Waals surface area (Å²) in [5, 5.41) is 8.68. The highest BCUT2D eigenvalue weighted by molar-refractivity contribution is 8.00. The molecule has 3 aromatic rings. The Morgan fingerprint density at radius 3 is 2.80 bits per heavy atom. The van der Waals surface area contributed by atoms with E-state index in [1.807, 2.05) is 37.7 Å². The number of hydrogen-bond acceptors (Lipinski definition) is 3. The van der Waals surface area contributed by atoms with E-state index in [-0.39, 0.29) is 11.9 Å². The summed E-state index contributed by atoms with van der Waals surface area (Å²) in [7, 11) is 2.03. The zero-order valence-electron chi connectivity index (χ0n) is 15.1. The van der Waals surface area contributed by atoms with E-state index in [1.54, 1.807) is 11.8 Å². The van der Waals surface area contributed by atoms with Crippen LogP contribution in [0, 0.1) is 13.8 Å². The molecule has 2 heterocycles. The van der Waals surface area contributed by atoms with Gasteiger partial charge >= 0.3 is 0 Å². The maximum Gasteiger partial charge on any atom is 0.230 e. The molecule has 1 aromatic carbocycles. The fourth-order valence-corrected chi connectivity index (χ4v) is 4.00. The fourth-order valence-electron chi connectivity index (χ4n) is 3.05. The van der Waals surface area contributed by atoms with E-state index in [2.05, 4.69) is 46.3 Å². The van der Waals surface area contributed by atoms with E-state index in [4.69, 9.17) is 0 Å². The zero-order chi connectivity index (χ0) is 18.0. The molecular formula is C19H24N4OS. The van der Waals surface area contributed by atoms with E-state index < -0.39 is 0 Å². The molecule has 0 saturated heterocycles. The summed E-state index contributed by atoms with van der Waals surface area (Å²) in [6.07, 6.45) is 2.08. The number of nitrogens with zero attached hydrogens (tertiary/aromatic N) is 3. The number of benzene rings is 1. The molecule has 0 aliphatic heterocycles. The van der Waals surface area contributed by atoms with Crippen molar-refractivity contribution in [3.05, 3.63) is 47.9 Å². The molecule has 1 N–H and O–H groups in total. The Labute approximate surface area is 152 Å². The Bertz CT molecular complexity index is 896. The van der Waals surface area contributed by atoms with Gasteiger partial charge in [-0.3, -0.25) is 9.48 Å². The standard InChI is InChI=1S/C19H24N4OS/c1-13-9-14(2)23(21-13)15(3)10-20-19(24)12-25-18-11-22(4)17-8-6-5-7-16(17)18/h5-9,11,15H,10,12H2,1-4H3,(H,20,24). The van der Waals surface area contributed by atoms with Crippen molar-refractivity contribution in [1.82, 2.24) is 19.7 Å². The molecular weight excluding hydrogens is 332 g/mol. The number of carbonyl (C=O) groups is 1. The lowest BCUT2D eigenvalue weighted by molar-refractivity contribution is -0.118. The maximum absolute atomic E-state index is 12.2. The summed E-state index contributed by atoms with van der Waals surface area (Å²) in [5.41, 5.74) is 3.30. The molecule has 5 nitrogen and oxygen atoms in total. The molecule has 1 unspecified atom stereocenters. The molecule has 1 amide bonds. The quantitative estimate of drug-likeness (QED) is 0.688. The topological polar surface area (TPSA) is 51.9 Å². The molecule has 25 heavy (non-hydrogen) atoms. The van der Waals surface area contributed by atoms with Crippen molar-refractivity contribution >= 4 is 28.6 Å². The lowest BCUT2D eigenvalue weighted by Crippen LogP contribution is -2.31. The Kier molecular flexibility index (Phi) is 5.18. The Morgan fingerprint density at radius 1 is 1.32 bits per heavy atom. The highest BCUT2D eigenvalue weighted by atomic mass is 32.2. The second-order valence-electron chi connectivity index (χ2n) is 6.43. The van der Waals surface area contributed by atoms with E-state index in [0.29, 0.717) is 12.3 Å². The summed E-state index contributed by atoms with van der Waals surface area (Å²) < 4.78 is 4.06. The molecule has 0 aliphatic carbocycles. The second kappa shape index (κ2) is 7.35. The van der Waals surface area contributed by atoms with Crippen LogP contribution in [0.2, 0.25) is 0 Å². The smallest absolute Gasteiger partial charge is 0.230 e. The number of rotatable bonds is 6. The maximum atomic E-state index is 12.2. The lowest BCUT2D eigenvalue weighted by atomic mass is 10.2. The largest absolute Gasteiger partial charge is 0.353 e. The third-order valence-corrected chi connectivity index (χ3v) is 5.32. The van der Waals surface area contributed by atoms with Crippen LogP contribution in [0.3, 0.4) is 0 Å². The van der Waals surface area contributed by atoms with Crippen molar-refractivity contribution in [3.8, 4) is 0 Å². The van der Waals surface area contributed by atoms with Gasteiger partial charge in [0.1, 0.15) is 0 Å². The van der Waals surface area contributed by atoms with Crippen LogP contribution in [0.1, 0.15) is 24.4 Å². The van der Waals surface area contributed by atoms with Crippen LogP contribution in [-0.2, 0) is 11.8 Å². The van der Waals surface area contributed by atoms with E-state index in [9.17, 15) is 4.79 Å². The van der Waals surface area contributed by atoms with Crippen molar-refractivity contribution in [3.63, 3.8) is 0 Å². The van der Waals surface area contributed by atoms with Gasteiger partial charge < -0.3 is 9.88 Å². The van der Waals surface area contributed by atoms with Crippen molar-refractivity contribution in [1.29, 1.82) is 0 Å². The van der Waals surface area contributed by atoms with Crippen molar-refractivity contribution in [2.75, 3.05) is 12.3 Å². The van der Waals surface area contributed by atoms with Gasteiger partial charge in [0.25, 0.3) is 0 Å². The van der Waals surface area contributed by atoms with Crippen LogP contribution in [0.5, 0.6) is 0 Å². The van der Waals surface area contributed by atoms with Crippen LogP contribution >= 0.6 is 11.8 Å². The highest BCUT2D eigenvalue weighted by Gasteiger charge is 2.12. The Hall–Kier alpha value is -2.21. The van der Waals surface area contributed by atoms with Gasteiger partial charge in [0.05, 0.1) is 17.5 Å². The predicted octanol–water partition coefficient (Wildman–Crippen LogP) is 3.46. The molecule has 132 valence electrons. The molecule has 3 rings (SSSR count). The number of amides is 1. The van der Waals surface area contributed by atoms with E-state index >= 15 is 0 Å². The molecule has 0 spiro atoms. The molecule has 2 aromatic heterocycles. The summed E-state index contributed by atoms with van der Waals surface area (Å²) in [5.74, 6) is 0.462. The summed E-state index contributed by atoms with van der Waals surface area (Å²) in [6.45, 7) is 6.67. The summed E-state index contributed by atoms with van der Waals surface area (Å²) in [4.78, 5) is 13.4. The van der Waals surface area contributed by atoms with Gasteiger partial charge in [-0.15, -0.1) is 11.8 Å². The van der Waals surface area contributed by atoms with Crippen molar-refractivity contribution < 1.29 is 4.79 Å². The first-order chi connectivity index (χ1) is 12.0. The average molecular weight is 356 g/mol. The predicted molar refractivity (Wildman–Crippen MR) is 103 cm³/mol. The third kappa shape index (κ3) is 3.90. The first kappa shape index (κ1) is 17.6. The zero-order valence-corrected chi connectivity index (χ0v) is 15.9. The number of aromatic nitrogens is 3. The minimum absolute atomic E-state index is 0.0475. The molecule has 0 aliphatic rings. The molecule has 0 fully saturated rings. The van der Waals surface area contributed by atoms with Crippen molar-refractivity contribution in [2.45, 2.75) is 31.7 Å². The van der Waals surface area contributed by atoms with Crippen molar-refractivity contribution in [2.24, 2.45) is 7.05 Å². The Morgan fingerprint density at radius 2 is 2.08 bits per heavy atom. The average Bonchev–Trinajstić information content (AvgIpc) is 3.10. The first-order valence-corrected chi connectivity index (χ1v) is 9.40. The number of para-hydroxylation sites is 1. The van der Waals surface area contributed by atoms with Crippen LogP contribution in [0.15, 0.2) is 41.4 Å². The van der Waals surface area contributed by atoms with Gasteiger partial charge in [-0.1, -0.05) is 18.2 Å². The highest BCUT2D eigenvalue weighted by Crippen LogP contribution is 2.29. The molecule has 0 radical (unpaired) electrons. The first-order valence-electron chi connectivity index (χ1n) is 8.42. The molecule has 0 saturated carbocycles. The van der Waals surface area contributed by atoms with Crippen LogP contribution in [0.25, 0.3) is 10.9 Å².